The van der Waals surface area contributed by atoms with E-state index >= 15 is 0 Å². The summed E-state index contributed by atoms with van der Waals surface area (Å²) in [6.45, 7) is 0.649. The second kappa shape index (κ2) is 0.697. The van der Waals surface area contributed by atoms with Crippen molar-refractivity contribution in [2.75, 3.05) is 6.61 Å². The molecule has 1 fully saturated rings. The van der Waals surface area contributed by atoms with E-state index in [-0.39, 0.29) is 6.10 Å². The summed E-state index contributed by atoms with van der Waals surface area (Å²) in [7, 11) is 0. The fraction of sp³-hybridized carbons (Fsp3) is 0.667. The van der Waals surface area contributed by atoms with Gasteiger partial charge in [-0.05, 0) is 0 Å². The van der Waals surface area contributed by atoms with Crippen molar-refractivity contribution in [3.05, 3.63) is 0 Å². The van der Waals surface area contributed by atoms with Crippen LogP contribution in [-0.2, 0) is 4.74 Å². The molecule has 0 N–H and O–H groups in total. The lowest BCUT2D eigenvalue weighted by Crippen LogP contribution is -1.67. The summed E-state index contributed by atoms with van der Waals surface area (Å²) in [6.07, 6.45) is -0.0602. The van der Waals surface area contributed by atoms with Crippen LogP contribution in [0.4, 0.5) is 0 Å². The van der Waals surface area contributed by atoms with Crippen molar-refractivity contribution >= 4 is 0 Å². The molecule has 0 unspecified atom stereocenters. The molecule has 1 rings (SSSR count). The zero-order chi connectivity index (χ0) is 3.70. The monoisotopic (exact) mass is 69.0 g/mol. The van der Waals surface area contributed by atoms with E-state index in [1.165, 1.54) is 0 Å². The molecule has 0 amide bonds. The van der Waals surface area contributed by atoms with E-state index in [9.17, 15) is 0 Å². The van der Waals surface area contributed by atoms with Gasteiger partial charge in [0.2, 0.25) is 0 Å². The second-order valence-electron chi connectivity index (χ2n) is 0.951. The third-order valence-corrected chi connectivity index (χ3v) is 0.477. The largest absolute Gasteiger partial charge is 0.357 e. The molecular formula is C3H3NO. The normalized spacial score (nSPS) is 32.2. The maximum atomic E-state index is 7.83. The minimum atomic E-state index is -0.0602. The van der Waals surface area contributed by atoms with Gasteiger partial charge < -0.3 is 4.74 Å². The maximum absolute atomic E-state index is 7.83. The summed E-state index contributed by atoms with van der Waals surface area (Å²) in [6, 6.07) is 1.92. The molecule has 0 radical (unpaired) electrons. The first kappa shape index (κ1) is 2.67. The Morgan fingerprint density at radius 2 is 2.60 bits per heavy atom. The van der Waals surface area contributed by atoms with Gasteiger partial charge >= 0.3 is 0 Å². The standard InChI is InChI=1S/C3H3NO/c4-1-3-2-5-3/h3H,2H2/t3-/m0/s1. The lowest BCUT2D eigenvalue weighted by atomic mass is 10.6. The van der Waals surface area contributed by atoms with Gasteiger partial charge in [-0.25, -0.2) is 0 Å². The van der Waals surface area contributed by atoms with E-state index < -0.39 is 0 Å². The molecule has 0 spiro atoms. The van der Waals surface area contributed by atoms with Crippen molar-refractivity contribution in [2.24, 2.45) is 0 Å². The number of nitrogens with zero attached hydrogens (tertiary/aromatic N) is 1. The Morgan fingerprint density at radius 1 is 2.00 bits per heavy atom. The van der Waals surface area contributed by atoms with Gasteiger partial charge in [0.1, 0.15) is 0 Å². The SMILES string of the molecule is N#C[C@H]1CO1. The van der Waals surface area contributed by atoms with Crippen LogP contribution in [-0.4, -0.2) is 12.7 Å². The molecule has 1 aliphatic heterocycles. The Bertz CT molecular complexity index is 69.5. The van der Waals surface area contributed by atoms with E-state index in [2.05, 4.69) is 4.74 Å². The highest BCUT2D eigenvalue weighted by atomic mass is 16.6. The van der Waals surface area contributed by atoms with Gasteiger partial charge in [-0.3, -0.25) is 0 Å². The van der Waals surface area contributed by atoms with E-state index in [1.54, 1.807) is 0 Å². The lowest BCUT2D eigenvalue weighted by Gasteiger charge is -1.49. The minimum absolute atomic E-state index is 0.0602. The highest BCUT2D eigenvalue weighted by Crippen LogP contribution is 2.04. The fourth-order valence-corrected chi connectivity index (χ4v) is 0.123. The van der Waals surface area contributed by atoms with Crippen molar-refractivity contribution in [1.29, 1.82) is 5.26 Å². The number of rotatable bonds is 0. The van der Waals surface area contributed by atoms with Gasteiger partial charge in [0.15, 0.2) is 6.10 Å². The summed E-state index contributed by atoms with van der Waals surface area (Å²) in [4.78, 5) is 0. The summed E-state index contributed by atoms with van der Waals surface area (Å²) >= 11 is 0. The molecule has 26 valence electrons. The Morgan fingerprint density at radius 3 is 2.60 bits per heavy atom. The van der Waals surface area contributed by atoms with Gasteiger partial charge in [-0.1, -0.05) is 0 Å². The van der Waals surface area contributed by atoms with Crippen molar-refractivity contribution in [3.8, 4) is 6.07 Å². The molecule has 0 aromatic heterocycles. The van der Waals surface area contributed by atoms with Gasteiger partial charge in [0, 0.05) is 0 Å². The third-order valence-electron chi connectivity index (χ3n) is 0.477. The predicted octanol–water partition coefficient (Wildman–Crippen LogP) is -0.0912. The van der Waals surface area contributed by atoms with Gasteiger partial charge in [-0.2, -0.15) is 5.26 Å². The number of hydrogen-bond donors (Lipinski definition) is 0. The predicted molar refractivity (Wildman–Crippen MR) is 15.4 cm³/mol. The zero-order valence-electron chi connectivity index (χ0n) is 2.64. The van der Waals surface area contributed by atoms with Crippen LogP contribution in [0.1, 0.15) is 0 Å². The first-order chi connectivity index (χ1) is 2.43. The number of nitriles is 1. The van der Waals surface area contributed by atoms with Crippen LogP contribution < -0.4 is 0 Å². The Labute approximate surface area is 30.0 Å². The van der Waals surface area contributed by atoms with Gasteiger partial charge in [-0.15, -0.1) is 0 Å². The molecule has 2 nitrogen and oxygen atoms in total. The van der Waals surface area contributed by atoms with Crippen LogP contribution in [0.25, 0.3) is 0 Å². The smallest absolute Gasteiger partial charge is 0.167 e. The van der Waals surface area contributed by atoms with Crippen LogP contribution in [0.2, 0.25) is 0 Å². The Balaban J connectivity index is 2.30. The molecule has 1 saturated heterocycles. The number of hydrogen-bond acceptors (Lipinski definition) is 2. The summed E-state index contributed by atoms with van der Waals surface area (Å²) in [5.41, 5.74) is 0. The lowest BCUT2D eigenvalue weighted by molar-refractivity contribution is 0.443. The highest BCUT2D eigenvalue weighted by Gasteiger charge is 2.20. The van der Waals surface area contributed by atoms with Crippen molar-refractivity contribution in [3.63, 3.8) is 0 Å². The summed E-state index contributed by atoms with van der Waals surface area (Å²) in [5, 5.41) is 7.83. The van der Waals surface area contributed by atoms with E-state index in [1.807, 2.05) is 6.07 Å². The number of ether oxygens (including phenoxy) is 1. The topological polar surface area (TPSA) is 36.3 Å². The molecule has 0 aromatic carbocycles. The molecule has 0 aromatic rings. The molecule has 5 heavy (non-hydrogen) atoms. The summed E-state index contributed by atoms with van der Waals surface area (Å²) in [5.74, 6) is 0. The van der Waals surface area contributed by atoms with Crippen LogP contribution >= 0.6 is 0 Å². The molecular weight excluding hydrogens is 66.0 g/mol. The Hall–Kier alpha value is -0.550. The second-order valence-corrected chi connectivity index (χ2v) is 0.951. The maximum Gasteiger partial charge on any atom is 0.167 e. The third kappa shape index (κ3) is 0.366. The number of epoxide rings is 1. The van der Waals surface area contributed by atoms with E-state index in [4.69, 9.17) is 5.26 Å². The van der Waals surface area contributed by atoms with Crippen molar-refractivity contribution < 1.29 is 4.74 Å². The van der Waals surface area contributed by atoms with Crippen molar-refractivity contribution in [2.45, 2.75) is 6.10 Å². The molecule has 2 heteroatoms. The minimum Gasteiger partial charge on any atom is -0.357 e. The van der Waals surface area contributed by atoms with Crippen molar-refractivity contribution in [1.82, 2.24) is 0 Å². The molecule has 0 bridgehead atoms. The highest BCUT2D eigenvalue weighted by molar-refractivity contribution is 4.92. The first-order valence-corrected chi connectivity index (χ1v) is 1.44. The summed E-state index contributed by atoms with van der Waals surface area (Å²) < 4.78 is 4.50. The molecule has 0 aliphatic carbocycles. The molecule has 1 aliphatic rings. The van der Waals surface area contributed by atoms with Crippen LogP contribution in [0, 0.1) is 11.3 Å². The van der Waals surface area contributed by atoms with Gasteiger partial charge in [0.25, 0.3) is 0 Å². The van der Waals surface area contributed by atoms with Gasteiger partial charge in [0.05, 0.1) is 12.7 Å². The average Bonchev–Trinajstić information content (AvgIpc) is 2.12. The molecule has 1 atom stereocenters. The zero-order valence-corrected chi connectivity index (χ0v) is 2.64. The average molecular weight is 69.1 g/mol. The quantitative estimate of drug-likeness (QED) is 0.373. The van der Waals surface area contributed by atoms with E-state index in [0.29, 0.717) is 6.61 Å². The molecule has 1 heterocycles. The Kier molecular flexibility index (Phi) is 0.373. The van der Waals surface area contributed by atoms with Crippen LogP contribution in [0.15, 0.2) is 0 Å². The van der Waals surface area contributed by atoms with Crippen LogP contribution in [0.5, 0.6) is 0 Å². The van der Waals surface area contributed by atoms with Crippen LogP contribution in [0.3, 0.4) is 0 Å². The first-order valence-electron chi connectivity index (χ1n) is 1.44. The van der Waals surface area contributed by atoms with E-state index in [0.717, 1.165) is 0 Å². The molecule has 0 saturated carbocycles. The fourth-order valence-electron chi connectivity index (χ4n) is 0.123.